The standard InChI is InChI=1S/C20H34N4O2/c1-4-21-20(22-12-5-14-26-19-11-15-25-16-19)23-13-10-17-6-8-18(9-7-17)24(2)3/h6-9,19H,4-5,10-16H2,1-3H3,(H2,21,22,23). The lowest BCUT2D eigenvalue weighted by molar-refractivity contribution is 0.0424. The van der Waals surface area contributed by atoms with E-state index in [0.29, 0.717) is 0 Å². The second-order valence-corrected chi connectivity index (χ2v) is 6.71. The van der Waals surface area contributed by atoms with Crippen molar-refractivity contribution < 1.29 is 9.47 Å². The molecule has 0 amide bonds. The lowest BCUT2D eigenvalue weighted by atomic mass is 10.1. The zero-order valence-corrected chi connectivity index (χ0v) is 16.5. The van der Waals surface area contributed by atoms with Crippen molar-refractivity contribution >= 4 is 11.6 Å². The molecular weight excluding hydrogens is 328 g/mol. The lowest BCUT2D eigenvalue weighted by Crippen LogP contribution is -2.38. The highest BCUT2D eigenvalue weighted by Gasteiger charge is 2.15. The molecular formula is C20H34N4O2. The summed E-state index contributed by atoms with van der Waals surface area (Å²) in [6.07, 6.45) is 3.20. The van der Waals surface area contributed by atoms with Gasteiger partial charge in [-0.3, -0.25) is 4.99 Å². The van der Waals surface area contributed by atoms with E-state index in [0.717, 1.165) is 64.7 Å². The summed E-state index contributed by atoms with van der Waals surface area (Å²) in [5.74, 6) is 0.876. The first-order chi connectivity index (χ1) is 12.7. The van der Waals surface area contributed by atoms with E-state index in [1.807, 2.05) is 0 Å². The minimum Gasteiger partial charge on any atom is -0.379 e. The monoisotopic (exact) mass is 362 g/mol. The molecule has 1 atom stereocenters. The van der Waals surface area contributed by atoms with E-state index in [1.54, 1.807) is 0 Å². The van der Waals surface area contributed by atoms with Gasteiger partial charge in [0.25, 0.3) is 0 Å². The van der Waals surface area contributed by atoms with E-state index in [4.69, 9.17) is 9.47 Å². The van der Waals surface area contributed by atoms with Crippen LogP contribution in [0, 0.1) is 0 Å². The molecule has 1 saturated heterocycles. The van der Waals surface area contributed by atoms with Crippen LogP contribution in [-0.4, -0.2) is 65.6 Å². The third-order valence-electron chi connectivity index (χ3n) is 4.32. The Labute approximate surface area is 158 Å². The molecule has 2 rings (SSSR count). The van der Waals surface area contributed by atoms with Gasteiger partial charge in [-0.2, -0.15) is 0 Å². The van der Waals surface area contributed by atoms with Gasteiger partial charge in [-0.1, -0.05) is 12.1 Å². The second kappa shape index (κ2) is 11.8. The topological polar surface area (TPSA) is 58.1 Å². The number of ether oxygens (including phenoxy) is 2. The van der Waals surface area contributed by atoms with Gasteiger partial charge in [0.1, 0.15) is 0 Å². The lowest BCUT2D eigenvalue weighted by Gasteiger charge is -2.14. The van der Waals surface area contributed by atoms with E-state index >= 15 is 0 Å². The summed E-state index contributed by atoms with van der Waals surface area (Å²) in [6.45, 7) is 6.89. The molecule has 146 valence electrons. The Bertz CT molecular complexity index is 525. The second-order valence-electron chi connectivity index (χ2n) is 6.71. The van der Waals surface area contributed by atoms with Crippen LogP contribution >= 0.6 is 0 Å². The van der Waals surface area contributed by atoms with Crippen LogP contribution in [0.2, 0.25) is 0 Å². The molecule has 1 heterocycles. The summed E-state index contributed by atoms with van der Waals surface area (Å²) in [6, 6.07) is 8.68. The van der Waals surface area contributed by atoms with Gasteiger partial charge >= 0.3 is 0 Å². The van der Waals surface area contributed by atoms with Gasteiger partial charge < -0.3 is 25.0 Å². The Morgan fingerprint density at radius 3 is 2.73 bits per heavy atom. The average Bonchev–Trinajstić information content (AvgIpc) is 3.15. The van der Waals surface area contributed by atoms with Crippen LogP contribution in [0.5, 0.6) is 0 Å². The SMILES string of the molecule is CCNC(=NCCCOC1CCOC1)NCCc1ccc(N(C)C)cc1. The van der Waals surface area contributed by atoms with Crippen molar-refractivity contribution in [2.24, 2.45) is 4.99 Å². The summed E-state index contributed by atoms with van der Waals surface area (Å²) >= 11 is 0. The summed E-state index contributed by atoms with van der Waals surface area (Å²) in [5, 5.41) is 6.70. The van der Waals surface area contributed by atoms with Crippen LogP contribution in [0.25, 0.3) is 0 Å². The number of nitrogens with one attached hydrogen (secondary N) is 2. The quantitative estimate of drug-likeness (QED) is 0.379. The first-order valence-electron chi connectivity index (χ1n) is 9.67. The molecule has 0 radical (unpaired) electrons. The number of anilines is 1. The van der Waals surface area contributed by atoms with E-state index in [2.05, 4.69) is 65.8 Å². The molecule has 1 unspecified atom stereocenters. The molecule has 2 N–H and O–H groups in total. The van der Waals surface area contributed by atoms with E-state index in [-0.39, 0.29) is 6.10 Å². The number of guanidine groups is 1. The Morgan fingerprint density at radius 2 is 2.08 bits per heavy atom. The predicted molar refractivity (Wildman–Crippen MR) is 108 cm³/mol. The molecule has 1 aliphatic rings. The molecule has 6 nitrogen and oxygen atoms in total. The number of rotatable bonds is 10. The van der Waals surface area contributed by atoms with Gasteiger partial charge in [0, 0.05) is 52.6 Å². The first-order valence-corrected chi connectivity index (χ1v) is 9.67. The van der Waals surface area contributed by atoms with E-state index in [1.165, 1.54) is 11.3 Å². The molecule has 0 aliphatic carbocycles. The third-order valence-corrected chi connectivity index (χ3v) is 4.32. The van der Waals surface area contributed by atoms with Crippen molar-refractivity contribution in [1.29, 1.82) is 0 Å². The molecule has 1 aromatic carbocycles. The van der Waals surface area contributed by atoms with Gasteiger partial charge in [-0.15, -0.1) is 0 Å². The predicted octanol–water partition coefficient (Wildman–Crippen LogP) is 2.05. The number of hydrogen-bond donors (Lipinski definition) is 2. The Balaban J connectivity index is 1.65. The zero-order chi connectivity index (χ0) is 18.6. The number of aliphatic imine (C=N–C) groups is 1. The fourth-order valence-corrected chi connectivity index (χ4v) is 2.78. The molecule has 26 heavy (non-hydrogen) atoms. The Morgan fingerprint density at radius 1 is 1.27 bits per heavy atom. The summed E-state index contributed by atoms with van der Waals surface area (Å²) in [5.41, 5.74) is 2.55. The van der Waals surface area contributed by atoms with Crippen molar-refractivity contribution in [2.75, 3.05) is 58.5 Å². The maximum absolute atomic E-state index is 5.77. The van der Waals surface area contributed by atoms with Gasteiger partial charge in [-0.25, -0.2) is 0 Å². The van der Waals surface area contributed by atoms with Crippen molar-refractivity contribution in [3.05, 3.63) is 29.8 Å². The van der Waals surface area contributed by atoms with Gasteiger partial charge in [0.2, 0.25) is 0 Å². The summed E-state index contributed by atoms with van der Waals surface area (Å²) < 4.78 is 11.1. The molecule has 0 aromatic heterocycles. The van der Waals surface area contributed by atoms with Crippen LogP contribution in [0.4, 0.5) is 5.69 Å². The minimum atomic E-state index is 0.282. The van der Waals surface area contributed by atoms with Crippen molar-refractivity contribution in [3.63, 3.8) is 0 Å². The molecule has 1 fully saturated rings. The van der Waals surface area contributed by atoms with Crippen molar-refractivity contribution in [2.45, 2.75) is 32.3 Å². The van der Waals surface area contributed by atoms with Crippen LogP contribution in [0.3, 0.4) is 0 Å². The molecule has 0 spiro atoms. The number of benzene rings is 1. The third kappa shape index (κ3) is 7.62. The minimum absolute atomic E-state index is 0.282. The van der Waals surface area contributed by atoms with E-state index < -0.39 is 0 Å². The molecule has 1 aliphatic heterocycles. The van der Waals surface area contributed by atoms with Gasteiger partial charge in [0.15, 0.2) is 5.96 Å². The maximum atomic E-state index is 5.77. The van der Waals surface area contributed by atoms with E-state index in [9.17, 15) is 0 Å². The van der Waals surface area contributed by atoms with Crippen molar-refractivity contribution in [3.8, 4) is 0 Å². The fourth-order valence-electron chi connectivity index (χ4n) is 2.78. The highest BCUT2D eigenvalue weighted by Crippen LogP contribution is 2.12. The maximum Gasteiger partial charge on any atom is 0.191 e. The zero-order valence-electron chi connectivity index (χ0n) is 16.5. The smallest absolute Gasteiger partial charge is 0.191 e. The Kier molecular flexibility index (Phi) is 9.28. The highest BCUT2D eigenvalue weighted by molar-refractivity contribution is 5.79. The van der Waals surface area contributed by atoms with Crippen LogP contribution in [-0.2, 0) is 15.9 Å². The normalized spacial score (nSPS) is 17.3. The molecule has 0 saturated carbocycles. The molecule has 1 aromatic rings. The Hall–Kier alpha value is -1.79. The average molecular weight is 363 g/mol. The summed E-state index contributed by atoms with van der Waals surface area (Å²) in [4.78, 5) is 6.74. The summed E-state index contributed by atoms with van der Waals surface area (Å²) in [7, 11) is 4.12. The molecule has 6 heteroatoms. The van der Waals surface area contributed by atoms with Crippen LogP contribution < -0.4 is 15.5 Å². The van der Waals surface area contributed by atoms with Crippen LogP contribution in [0.15, 0.2) is 29.3 Å². The van der Waals surface area contributed by atoms with Crippen LogP contribution in [0.1, 0.15) is 25.3 Å². The number of hydrogen-bond acceptors (Lipinski definition) is 4. The van der Waals surface area contributed by atoms with Gasteiger partial charge in [0.05, 0.1) is 12.7 Å². The van der Waals surface area contributed by atoms with Gasteiger partial charge in [-0.05, 0) is 43.9 Å². The highest BCUT2D eigenvalue weighted by atomic mass is 16.5. The first kappa shape index (κ1) is 20.5. The number of nitrogens with zero attached hydrogens (tertiary/aromatic N) is 2. The largest absolute Gasteiger partial charge is 0.379 e. The van der Waals surface area contributed by atoms with Crippen molar-refractivity contribution in [1.82, 2.24) is 10.6 Å². The molecule has 0 bridgehead atoms. The fraction of sp³-hybridized carbons (Fsp3) is 0.650.